The molecule has 1 aliphatic heterocycles. The fourth-order valence-electron chi connectivity index (χ4n) is 1.42. The number of nitrogens with zero attached hydrogens (tertiary/aromatic N) is 1. The highest BCUT2D eigenvalue weighted by Crippen LogP contribution is 2.28. The molecule has 1 saturated heterocycles. The van der Waals surface area contributed by atoms with Crippen LogP contribution in [0.3, 0.4) is 0 Å². The minimum Gasteiger partial charge on any atom is -0.593 e. The molecule has 1 aromatic carbocycles. The van der Waals surface area contributed by atoms with Crippen molar-refractivity contribution in [2.75, 3.05) is 13.7 Å². The molecule has 86 valence electrons. The lowest BCUT2D eigenvalue weighted by molar-refractivity contribution is -0.140. The second kappa shape index (κ2) is 4.45. The Morgan fingerprint density at radius 3 is 2.69 bits per heavy atom. The normalized spacial score (nSPS) is 24.9. The van der Waals surface area contributed by atoms with Gasteiger partial charge in [0.05, 0.1) is 25.0 Å². The summed E-state index contributed by atoms with van der Waals surface area (Å²) in [5.41, 5.74) is 1.12. The monoisotopic (exact) mass is 239 g/mol. The van der Waals surface area contributed by atoms with E-state index in [1.165, 1.54) is 7.11 Å². The first kappa shape index (κ1) is 11.4. The van der Waals surface area contributed by atoms with E-state index in [0.717, 1.165) is 10.5 Å². The summed E-state index contributed by atoms with van der Waals surface area (Å²) in [6.45, 7) is 2.48. The maximum absolute atomic E-state index is 12.0. The number of carbonyl (C=O) groups excluding carboxylic acids is 1. The highest BCUT2D eigenvalue weighted by molar-refractivity contribution is 7.89. The van der Waals surface area contributed by atoms with Gasteiger partial charge in [0.25, 0.3) is 0 Å². The summed E-state index contributed by atoms with van der Waals surface area (Å²) >= 11 is -1.25. The van der Waals surface area contributed by atoms with Gasteiger partial charge in [-0.05, 0) is 19.1 Å². The van der Waals surface area contributed by atoms with E-state index in [0.29, 0.717) is 6.54 Å². The highest BCUT2D eigenvalue weighted by atomic mass is 32.2. The van der Waals surface area contributed by atoms with Gasteiger partial charge in [-0.1, -0.05) is 17.7 Å². The van der Waals surface area contributed by atoms with Gasteiger partial charge in [-0.3, -0.25) is 4.79 Å². The third-order valence-corrected chi connectivity index (χ3v) is 3.98. The Morgan fingerprint density at radius 1 is 1.50 bits per heavy atom. The second-order valence-electron chi connectivity index (χ2n) is 3.70. The van der Waals surface area contributed by atoms with Crippen molar-refractivity contribution in [2.24, 2.45) is 0 Å². The van der Waals surface area contributed by atoms with E-state index < -0.39 is 11.4 Å². The molecule has 4 nitrogen and oxygen atoms in total. The van der Waals surface area contributed by atoms with Crippen LogP contribution < -0.4 is 0 Å². The molecular formula is C11H13NO3S. The van der Waals surface area contributed by atoms with Crippen LogP contribution >= 0.6 is 0 Å². The van der Waals surface area contributed by atoms with E-state index in [1.54, 1.807) is 4.31 Å². The van der Waals surface area contributed by atoms with Crippen LogP contribution in [0.25, 0.3) is 0 Å². The van der Waals surface area contributed by atoms with E-state index in [-0.39, 0.29) is 12.0 Å². The van der Waals surface area contributed by atoms with E-state index in [1.807, 2.05) is 31.2 Å². The first-order valence-corrected chi connectivity index (χ1v) is 6.07. The molecule has 0 spiro atoms. The molecule has 1 aliphatic rings. The lowest BCUT2D eigenvalue weighted by Crippen LogP contribution is -2.20. The molecule has 0 aromatic heterocycles. The number of hydrogen-bond donors (Lipinski definition) is 0. The van der Waals surface area contributed by atoms with Crippen molar-refractivity contribution in [3.63, 3.8) is 0 Å². The van der Waals surface area contributed by atoms with Crippen molar-refractivity contribution in [3.05, 3.63) is 29.8 Å². The zero-order chi connectivity index (χ0) is 11.7. The number of esters is 1. The van der Waals surface area contributed by atoms with Crippen LogP contribution in [0, 0.1) is 6.92 Å². The molecule has 3 unspecified atom stereocenters. The molecule has 0 aliphatic carbocycles. The van der Waals surface area contributed by atoms with Crippen molar-refractivity contribution in [1.29, 1.82) is 0 Å². The Hall–Kier alpha value is -1.04. The molecule has 2 rings (SSSR count). The minimum absolute atomic E-state index is 0.319. The predicted octanol–water partition coefficient (Wildman–Crippen LogP) is 0.875. The van der Waals surface area contributed by atoms with Gasteiger partial charge < -0.3 is 9.29 Å². The van der Waals surface area contributed by atoms with Crippen LogP contribution in [0.1, 0.15) is 5.56 Å². The fraction of sp³-hybridized carbons (Fsp3) is 0.364. The molecule has 1 heterocycles. The highest BCUT2D eigenvalue weighted by Gasteiger charge is 2.51. The van der Waals surface area contributed by atoms with Gasteiger partial charge in [0.1, 0.15) is 0 Å². The van der Waals surface area contributed by atoms with Gasteiger partial charge in [0.15, 0.2) is 10.9 Å². The van der Waals surface area contributed by atoms with Crippen molar-refractivity contribution >= 4 is 17.3 Å². The zero-order valence-corrected chi connectivity index (χ0v) is 9.99. The molecule has 1 aromatic rings. The lowest BCUT2D eigenvalue weighted by atomic mass is 10.2. The van der Waals surface area contributed by atoms with Crippen LogP contribution in [0.4, 0.5) is 0 Å². The molecule has 0 bridgehead atoms. The van der Waals surface area contributed by atoms with Crippen molar-refractivity contribution < 1.29 is 14.1 Å². The van der Waals surface area contributed by atoms with E-state index in [9.17, 15) is 9.35 Å². The molecule has 0 N–H and O–H groups in total. The third kappa shape index (κ3) is 2.21. The average molecular weight is 239 g/mol. The van der Waals surface area contributed by atoms with E-state index >= 15 is 0 Å². The summed E-state index contributed by atoms with van der Waals surface area (Å²) in [4.78, 5) is 11.9. The van der Waals surface area contributed by atoms with Gasteiger partial charge in [-0.2, -0.15) is 0 Å². The van der Waals surface area contributed by atoms with Crippen molar-refractivity contribution in [3.8, 4) is 0 Å². The Balaban J connectivity index is 2.02. The number of carbonyl (C=O) groups is 1. The summed E-state index contributed by atoms with van der Waals surface area (Å²) in [7, 11) is 1.34. The van der Waals surface area contributed by atoms with E-state index in [4.69, 9.17) is 0 Å². The van der Waals surface area contributed by atoms with Gasteiger partial charge in [0.2, 0.25) is 0 Å². The van der Waals surface area contributed by atoms with Crippen LogP contribution in [0.5, 0.6) is 0 Å². The fourth-order valence-corrected chi connectivity index (χ4v) is 2.66. The number of aryl methyl sites for hydroxylation is 1. The summed E-state index contributed by atoms with van der Waals surface area (Å²) in [5.74, 6) is -0.319. The number of rotatable bonds is 3. The zero-order valence-electron chi connectivity index (χ0n) is 9.17. The molecule has 1 fully saturated rings. The lowest BCUT2D eigenvalue weighted by Gasteiger charge is -2.10. The summed E-state index contributed by atoms with van der Waals surface area (Å²) in [5, 5.41) is 0. The van der Waals surface area contributed by atoms with E-state index in [2.05, 4.69) is 4.74 Å². The third-order valence-electron chi connectivity index (χ3n) is 2.48. The molecule has 0 amide bonds. The Labute approximate surface area is 97.5 Å². The first-order chi connectivity index (χ1) is 7.63. The van der Waals surface area contributed by atoms with Crippen molar-refractivity contribution in [1.82, 2.24) is 4.31 Å². The number of benzene rings is 1. The van der Waals surface area contributed by atoms with Gasteiger partial charge in [0, 0.05) is 0 Å². The number of ether oxygens (including phenoxy) is 1. The van der Waals surface area contributed by atoms with Gasteiger partial charge in [-0.15, -0.1) is 4.31 Å². The summed E-state index contributed by atoms with van der Waals surface area (Å²) < 4.78 is 18.2. The van der Waals surface area contributed by atoms with Crippen LogP contribution in [0.15, 0.2) is 29.2 Å². The van der Waals surface area contributed by atoms with Gasteiger partial charge in [-0.25, -0.2) is 0 Å². The minimum atomic E-state index is -1.25. The molecule has 16 heavy (non-hydrogen) atoms. The molecule has 3 atom stereocenters. The topological polar surface area (TPSA) is 52.4 Å². The maximum Gasteiger partial charge on any atom is 0.329 e. The average Bonchev–Trinajstić information content (AvgIpc) is 3.08. The first-order valence-electron chi connectivity index (χ1n) is 4.96. The predicted molar refractivity (Wildman–Crippen MR) is 60.1 cm³/mol. The molecule has 0 radical (unpaired) electrons. The second-order valence-corrected chi connectivity index (χ2v) is 5.14. The van der Waals surface area contributed by atoms with Crippen LogP contribution in [-0.4, -0.2) is 34.5 Å². The van der Waals surface area contributed by atoms with Crippen LogP contribution in [-0.2, 0) is 20.9 Å². The smallest absolute Gasteiger partial charge is 0.329 e. The summed E-state index contributed by atoms with van der Waals surface area (Å²) in [6.07, 6.45) is 0. The van der Waals surface area contributed by atoms with Gasteiger partial charge >= 0.3 is 5.97 Å². The molecule has 5 heteroatoms. The van der Waals surface area contributed by atoms with Crippen molar-refractivity contribution in [2.45, 2.75) is 17.9 Å². The van der Waals surface area contributed by atoms with Crippen LogP contribution in [0.2, 0.25) is 0 Å². The quantitative estimate of drug-likeness (QED) is 0.446. The molecule has 0 saturated carbocycles. The molecular weight excluding hydrogens is 226 g/mol. The summed E-state index contributed by atoms with van der Waals surface area (Å²) in [6, 6.07) is 7.11. The standard InChI is InChI=1S/C11H13NO3S/c1-8-3-5-9(6-4-8)16(14)12-7-10(12)11(13)15-2/h3-6,10H,7H2,1-2H3. The Morgan fingerprint density at radius 2 is 2.12 bits per heavy atom. The maximum atomic E-state index is 12.0. The largest absolute Gasteiger partial charge is 0.593 e. The SMILES string of the molecule is COC(=O)C1CN1[S+]([O-])c1ccc(C)cc1. The Bertz CT molecular complexity index is 393. The Kier molecular flexibility index (Phi) is 3.18. The number of methoxy groups -OCH3 is 1. The number of hydrogen-bond acceptors (Lipinski definition) is 4.